The number of azo groups is 2. The molecule has 0 amide bonds. The van der Waals surface area contributed by atoms with Crippen LogP contribution < -0.4 is 9.47 Å². The lowest BCUT2D eigenvalue weighted by atomic mass is 10.2. The summed E-state index contributed by atoms with van der Waals surface area (Å²) >= 11 is 0. The van der Waals surface area contributed by atoms with Gasteiger partial charge in [0.1, 0.15) is 22.9 Å². The first-order valence-corrected chi connectivity index (χ1v) is 9.41. The number of hydrogen-bond donors (Lipinski definition) is 0. The number of hydrogen-bond acceptors (Lipinski definition) is 10. The number of nitrogens with zero attached hydrogens (tertiary/aromatic N) is 6. The van der Waals surface area contributed by atoms with E-state index in [0.29, 0.717) is 17.1 Å². The van der Waals surface area contributed by atoms with Crippen LogP contribution in [0.1, 0.15) is 5.56 Å². The first-order valence-electron chi connectivity index (χ1n) is 9.41. The van der Waals surface area contributed by atoms with E-state index in [1.165, 1.54) is 26.4 Å². The predicted molar refractivity (Wildman–Crippen MR) is 119 cm³/mol. The molecule has 3 aromatic carbocycles. The molecular weight excluding hydrogens is 432 g/mol. The van der Waals surface area contributed by atoms with Gasteiger partial charge in [-0.2, -0.15) is 5.11 Å². The molecule has 0 fully saturated rings. The van der Waals surface area contributed by atoms with E-state index in [9.17, 15) is 20.2 Å². The highest BCUT2D eigenvalue weighted by Gasteiger charge is 2.20. The highest BCUT2D eigenvalue weighted by atomic mass is 16.6. The Labute approximate surface area is 187 Å². The summed E-state index contributed by atoms with van der Waals surface area (Å²) in [6.07, 6.45) is 0. The summed E-state index contributed by atoms with van der Waals surface area (Å²) in [7, 11) is 2.85. The second-order valence-corrected chi connectivity index (χ2v) is 6.62. The number of nitro groups is 2. The first-order chi connectivity index (χ1) is 15.8. The van der Waals surface area contributed by atoms with E-state index in [1.807, 2.05) is 31.2 Å². The summed E-state index contributed by atoms with van der Waals surface area (Å²) in [6.45, 7) is 1.97. The van der Waals surface area contributed by atoms with Crippen LogP contribution in [0, 0.1) is 27.2 Å². The molecule has 0 aliphatic rings. The minimum atomic E-state index is -0.770. The SMILES string of the molecule is COc1cc(N=Nc2ccc([N+](=O)[O-])cc2[N+](=O)[O-])c(OC)cc1N=Nc1ccc(C)cc1. The molecule has 12 nitrogen and oxygen atoms in total. The monoisotopic (exact) mass is 450 g/mol. The average Bonchev–Trinajstić information content (AvgIpc) is 2.81. The van der Waals surface area contributed by atoms with Gasteiger partial charge in [0, 0.05) is 18.2 Å². The Morgan fingerprint density at radius 1 is 0.697 bits per heavy atom. The maximum absolute atomic E-state index is 11.3. The summed E-state index contributed by atoms with van der Waals surface area (Å²) in [5.74, 6) is 0.584. The quantitative estimate of drug-likeness (QED) is 0.212. The van der Waals surface area contributed by atoms with E-state index in [0.717, 1.165) is 23.8 Å². The van der Waals surface area contributed by atoms with Crippen LogP contribution in [0.2, 0.25) is 0 Å². The highest BCUT2D eigenvalue weighted by Crippen LogP contribution is 2.41. The highest BCUT2D eigenvalue weighted by molar-refractivity contribution is 5.67. The fraction of sp³-hybridized carbons (Fsp3) is 0.143. The van der Waals surface area contributed by atoms with Crippen LogP contribution in [-0.4, -0.2) is 24.1 Å². The molecule has 0 aliphatic carbocycles. The smallest absolute Gasteiger partial charge is 0.303 e. The molecule has 0 bridgehead atoms. The van der Waals surface area contributed by atoms with E-state index in [1.54, 1.807) is 0 Å². The number of ether oxygens (including phenoxy) is 2. The molecule has 3 rings (SSSR count). The topological polar surface area (TPSA) is 154 Å². The van der Waals surface area contributed by atoms with Crippen molar-refractivity contribution < 1.29 is 19.3 Å². The van der Waals surface area contributed by atoms with Crippen molar-refractivity contribution in [3.05, 3.63) is 80.4 Å². The maximum Gasteiger partial charge on any atom is 0.303 e. The lowest BCUT2D eigenvalue weighted by molar-refractivity contribution is -0.393. The molecule has 0 radical (unpaired) electrons. The van der Waals surface area contributed by atoms with Crippen LogP contribution in [0.15, 0.2) is 75.1 Å². The fourth-order valence-electron chi connectivity index (χ4n) is 2.71. The summed E-state index contributed by atoms with van der Waals surface area (Å²) in [4.78, 5) is 20.7. The van der Waals surface area contributed by atoms with Gasteiger partial charge in [0.25, 0.3) is 5.69 Å². The van der Waals surface area contributed by atoms with Crippen molar-refractivity contribution in [1.82, 2.24) is 0 Å². The number of methoxy groups -OCH3 is 2. The zero-order chi connectivity index (χ0) is 24.0. The second-order valence-electron chi connectivity index (χ2n) is 6.62. The van der Waals surface area contributed by atoms with Crippen LogP contribution in [0.5, 0.6) is 11.5 Å². The second kappa shape index (κ2) is 10.0. The Bertz CT molecular complexity index is 1260. The maximum atomic E-state index is 11.3. The lowest BCUT2D eigenvalue weighted by Gasteiger charge is -2.09. The molecule has 33 heavy (non-hydrogen) atoms. The third-order valence-electron chi connectivity index (χ3n) is 4.42. The number of aryl methyl sites for hydroxylation is 1. The van der Waals surface area contributed by atoms with Crippen LogP contribution >= 0.6 is 0 Å². The standard InChI is InChI=1S/C21H18N6O6/c1-13-4-6-14(7-5-13)22-24-17-11-21(33-3)18(12-20(17)32-2)25-23-16-9-8-15(26(28)29)10-19(16)27(30)31/h4-12H,1-3H3. The molecular formula is C21H18N6O6. The van der Waals surface area contributed by atoms with Crippen molar-refractivity contribution >= 4 is 34.1 Å². The van der Waals surface area contributed by atoms with Crippen LogP contribution in [0.3, 0.4) is 0 Å². The van der Waals surface area contributed by atoms with Gasteiger partial charge in [0.15, 0.2) is 5.69 Å². The molecule has 0 saturated carbocycles. The molecule has 3 aromatic rings. The predicted octanol–water partition coefficient (Wildman–Crippen LogP) is 6.66. The molecule has 0 spiro atoms. The fourth-order valence-corrected chi connectivity index (χ4v) is 2.71. The Morgan fingerprint density at radius 2 is 1.24 bits per heavy atom. The summed E-state index contributed by atoms with van der Waals surface area (Å²) < 4.78 is 10.7. The zero-order valence-corrected chi connectivity index (χ0v) is 17.8. The normalized spacial score (nSPS) is 11.1. The Balaban J connectivity index is 1.97. The Kier molecular flexibility index (Phi) is 6.98. The van der Waals surface area contributed by atoms with Gasteiger partial charge in [-0.25, -0.2) is 0 Å². The molecule has 168 valence electrons. The van der Waals surface area contributed by atoms with E-state index >= 15 is 0 Å². The Morgan fingerprint density at radius 3 is 1.76 bits per heavy atom. The molecule has 0 aliphatic heterocycles. The van der Waals surface area contributed by atoms with E-state index in [4.69, 9.17) is 9.47 Å². The number of rotatable bonds is 8. The Hall–Kier alpha value is -4.74. The molecule has 0 aromatic heterocycles. The van der Waals surface area contributed by atoms with Gasteiger partial charge in [-0.15, -0.1) is 15.3 Å². The molecule has 0 saturated heterocycles. The van der Waals surface area contributed by atoms with Crippen LogP contribution in [0.4, 0.5) is 34.1 Å². The van der Waals surface area contributed by atoms with Gasteiger partial charge < -0.3 is 9.47 Å². The van der Waals surface area contributed by atoms with Gasteiger partial charge in [-0.05, 0) is 25.1 Å². The van der Waals surface area contributed by atoms with Crippen molar-refractivity contribution in [2.45, 2.75) is 6.92 Å². The van der Waals surface area contributed by atoms with Gasteiger partial charge in [0.2, 0.25) is 0 Å². The van der Waals surface area contributed by atoms with Gasteiger partial charge in [-0.1, -0.05) is 17.7 Å². The number of nitro benzene ring substituents is 2. The number of non-ortho nitro benzene ring substituents is 1. The summed E-state index contributed by atoms with van der Waals surface area (Å²) in [5, 5.41) is 38.5. The van der Waals surface area contributed by atoms with Crippen LogP contribution in [0.25, 0.3) is 0 Å². The van der Waals surface area contributed by atoms with Crippen molar-refractivity contribution in [3.8, 4) is 11.5 Å². The summed E-state index contributed by atoms with van der Waals surface area (Å²) in [5.41, 5.74) is 1.18. The van der Waals surface area contributed by atoms with Crippen molar-refractivity contribution in [3.63, 3.8) is 0 Å². The molecule has 12 heteroatoms. The van der Waals surface area contributed by atoms with Crippen molar-refractivity contribution in [2.24, 2.45) is 20.5 Å². The lowest BCUT2D eigenvalue weighted by Crippen LogP contribution is -1.92. The third kappa shape index (κ3) is 5.50. The van der Waals surface area contributed by atoms with E-state index < -0.39 is 21.2 Å². The van der Waals surface area contributed by atoms with E-state index in [-0.39, 0.29) is 17.1 Å². The van der Waals surface area contributed by atoms with Gasteiger partial charge in [0.05, 0.1) is 35.8 Å². The first kappa shape index (κ1) is 22.9. The van der Waals surface area contributed by atoms with E-state index in [2.05, 4.69) is 20.5 Å². The largest absolute Gasteiger partial charge is 0.494 e. The zero-order valence-electron chi connectivity index (χ0n) is 17.8. The minimum absolute atomic E-state index is 0.158. The molecule has 0 atom stereocenters. The van der Waals surface area contributed by atoms with Gasteiger partial charge >= 0.3 is 5.69 Å². The molecule has 0 heterocycles. The summed E-state index contributed by atoms with van der Waals surface area (Å²) in [6, 6.07) is 13.6. The third-order valence-corrected chi connectivity index (χ3v) is 4.42. The van der Waals surface area contributed by atoms with Crippen LogP contribution in [-0.2, 0) is 0 Å². The van der Waals surface area contributed by atoms with Crippen molar-refractivity contribution in [1.29, 1.82) is 0 Å². The minimum Gasteiger partial charge on any atom is -0.494 e. The average molecular weight is 450 g/mol. The molecule has 0 N–H and O–H groups in total. The van der Waals surface area contributed by atoms with Gasteiger partial charge in [-0.3, -0.25) is 20.2 Å². The number of benzene rings is 3. The molecule has 0 unspecified atom stereocenters. The van der Waals surface area contributed by atoms with Crippen molar-refractivity contribution in [2.75, 3.05) is 14.2 Å².